The molecule has 16 heavy (non-hydrogen) atoms. The molecule has 1 N–H and O–H groups in total. The Hall–Kier alpha value is -0.740. The molecule has 0 bridgehead atoms. The minimum absolute atomic E-state index is 0.00843. The molecule has 2 unspecified atom stereocenters. The quantitative estimate of drug-likeness (QED) is 0.864. The lowest BCUT2D eigenvalue weighted by Gasteiger charge is -2.28. The molecule has 1 aromatic rings. The topological polar surface area (TPSA) is 29.5 Å². The molecule has 2 rings (SSSR count). The molecule has 4 heteroatoms. The van der Waals surface area contributed by atoms with Crippen LogP contribution < -0.4 is 4.74 Å². The van der Waals surface area contributed by atoms with E-state index in [1.165, 1.54) is 7.11 Å². The number of benzene rings is 1. The molecule has 88 valence electrons. The summed E-state index contributed by atoms with van der Waals surface area (Å²) >= 11 is 1.66. The van der Waals surface area contributed by atoms with Gasteiger partial charge in [-0.3, -0.25) is 0 Å². The zero-order chi connectivity index (χ0) is 11.8. The number of hydrogen-bond acceptors (Lipinski definition) is 3. The van der Waals surface area contributed by atoms with Crippen molar-refractivity contribution in [3.05, 3.63) is 29.6 Å². The first-order valence-electron chi connectivity index (χ1n) is 5.26. The largest absolute Gasteiger partial charge is 0.494 e. The van der Waals surface area contributed by atoms with Crippen molar-refractivity contribution in [2.24, 2.45) is 0 Å². The third-order valence-electron chi connectivity index (χ3n) is 3.17. The number of methoxy groups -OCH3 is 1. The molecule has 1 aliphatic heterocycles. The predicted octanol–water partition coefficient (Wildman–Crippen LogP) is 2.55. The summed E-state index contributed by atoms with van der Waals surface area (Å²) in [4.78, 5) is 0. The number of thioether (sulfide) groups is 1. The second-order valence-electron chi connectivity index (χ2n) is 4.01. The second-order valence-corrected chi connectivity index (χ2v) is 5.46. The summed E-state index contributed by atoms with van der Waals surface area (Å²) in [6, 6.07) is 4.92. The van der Waals surface area contributed by atoms with Crippen molar-refractivity contribution in [2.75, 3.05) is 12.9 Å². The fourth-order valence-electron chi connectivity index (χ4n) is 2.09. The van der Waals surface area contributed by atoms with Crippen molar-refractivity contribution in [3.63, 3.8) is 0 Å². The van der Waals surface area contributed by atoms with E-state index in [2.05, 4.69) is 0 Å². The number of halogens is 1. The summed E-state index contributed by atoms with van der Waals surface area (Å²) in [5.41, 5.74) is -0.715. The van der Waals surface area contributed by atoms with Crippen LogP contribution in [-0.2, 0) is 5.60 Å². The lowest BCUT2D eigenvalue weighted by atomic mass is 9.88. The van der Waals surface area contributed by atoms with Gasteiger partial charge in [0.25, 0.3) is 0 Å². The van der Waals surface area contributed by atoms with Crippen molar-refractivity contribution < 1.29 is 14.2 Å². The summed E-state index contributed by atoms with van der Waals surface area (Å²) in [6.07, 6.45) is 0.586. The molecule has 1 fully saturated rings. The monoisotopic (exact) mass is 242 g/mol. The number of hydrogen-bond donors (Lipinski definition) is 1. The van der Waals surface area contributed by atoms with Crippen LogP contribution in [-0.4, -0.2) is 23.2 Å². The maximum Gasteiger partial charge on any atom is 0.171 e. The summed E-state index contributed by atoms with van der Waals surface area (Å²) in [7, 11) is 1.43. The lowest BCUT2D eigenvalue weighted by molar-refractivity contribution is 0.0386. The fourth-order valence-corrected chi connectivity index (χ4v) is 3.39. The van der Waals surface area contributed by atoms with Gasteiger partial charge < -0.3 is 9.84 Å². The van der Waals surface area contributed by atoms with Gasteiger partial charge in [0.2, 0.25) is 0 Å². The van der Waals surface area contributed by atoms with Gasteiger partial charge in [0.15, 0.2) is 11.6 Å². The highest BCUT2D eigenvalue weighted by molar-refractivity contribution is 8.00. The van der Waals surface area contributed by atoms with E-state index in [1.807, 2.05) is 6.92 Å². The smallest absolute Gasteiger partial charge is 0.171 e. The number of rotatable bonds is 2. The molecule has 0 aliphatic carbocycles. The molecule has 1 aliphatic rings. The van der Waals surface area contributed by atoms with Crippen LogP contribution in [0.2, 0.25) is 0 Å². The van der Waals surface area contributed by atoms with Crippen LogP contribution >= 0.6 is 11.8 Å². The standard InChI is InChI=1S/C12H15FO2S/c1-8-12(14,6-7-16-8)9-4-3-5-10(15-2)11(9)13/h3-5,8,14H,6-7H2,1-2H3. The highest BCUT2D eigenvalue weighted by Crippen LogP contribution is 2.44. The van der Waals surface area contributed by atoms with E-state index < -0.39 is 11.4 Å². The summed E-state index contributed by atoms with van der Waals surface area (Å²) in [5.74, 6) is 0.603. The first kappa shape index (κ1) is 11.7. The summed E-state index contributed by atoms with van der Waals surface area (Å²) in [6.45, 7) is 1.93. The van der Waals surface area contributed by atoms with Crippen LogP contribution in [0.4, 0.5) is 4.39 Å². The van der Waals surface area contributed by atoms with E-state index in [-0.39, 0.29) is 11.0 Å². The van der Waals surface area contributed by atoms with Gasteiger partial charge in [-0.25, -0.2) is 4.39 Å². The lowest BCUT2D eigenvalue weighted by Crippen LogP contribution is -2.32. The van der Waals surface area contributed by atoms with Crippen molar-refractivity contribution in [1.29, 1.82) is 0 Å². The van der Waals surface area contributed by atoms with Crippen LogP contribution in [0.15, 0.2) is 18.2 Å². The van der Waals surface area contributed by atoms with E-state index in [1.54, 1.807) is 30.0 Å². The van der Waals surface area contributed by atoms with E-state index in [0.29, 0.717) is 12.0 Å². The molecular weight excluding hydrogens is 227 g/mol. The van der Waals surface area contributed by atoms with Gasteiger partial charge in [-0.2, -0.15) is 11.8 Å². The van der Waals surface area contributed by atoms with Gasteiger partial charge in [0.1, 0.15) is 5.60 Å². The zero-order valence-corrected chi connectivity index (χ0v) is 10.2. The van der Waals surface area contributed by atoms with Crippen molar-refractivity contribution in [1.82, 2.24) is 0 Å². The number of aliphatic hydroxyl groups is 1. The first-order valence-corrected chi connectivity index (χ1v) is 6.31. The summed E-state index contributed by atoms with van der Waals surface area (Å²) in [5, 5.41) is 10.5. The van der Waals surface area contributed by atoms with E-state index in [9.17, 15) is 9.50 Å². The van der Waals surface area contributed by atoms with Gasteiger partial charge in [0, 0.05) is 10.8 Å². The molecule has 0 aromatic heterocycles. The minimum atomic E-state index is -1.07. The van der Waals surface area contributed by atoms with Gasteiger partial charge in [-0.05, 0) is 18.2 Å². The Balaban J connectivity index is 2.47. The molecule has 0 amide bonds. The Labute approximate surface area is 98.8 Å². The maximum atomic E-state index is 14.0. The van der Waals surface area contributed by atoms with Gasteiger partial charge in [-0.15, -0.1) is 0 Å². The van der Waals surface area contributed by atoms with Crippen molar-refractivity contribution in [3.8, 4) is 5.75 Å². The Morgan fingerprint density at radius 2 is 2.31 bits per heavy atom. The van der Waals surface area contributed by atoms with Crippen molar-refractivity contribution >= 4 is 11.8 Å². The molecule has 2 atom stereocenters. The van der Waals surface area contributed by atoms with Crippen molar-refractivity contribution in [2.45, 2.75) is 24.2 Å². The molecule has 1 saturated heterocycles. The van der Waals surface area contributed by atoms with E-state index >= 15 is 0 Å². The molecule has 1 aromatic carbocycles. The Kier molecular flexibility index (Phi) is 3.13. The van der Waals surface area contributed by atoms with Gasteiger partial charge in [-0.1, -0.05) is 19.1 Å². The second kappa shape index (κ2) is 4.26. The van der Waals surface area contributed by atoms with E-state index in [4.69, 9.17) is 4.74 Å². The Morgan fingerprint density at radius 1 is 1.56 bits per heavy atom. The van der Waals surface area contributed by atoms with Crippen LogP contribution in [0, 0.1) is 5.82 Å². The minimum Gasteiger partial charge on any atom is -0.494 e. The highest BCUT2D eigenvalue weighted by Gasteiger charge is 2.42. The molecule has 0 radical (unpaired) electrons. The zero-order valence-electron chi connectivity index (χ0n) is 9.37. The predicted molar refractivity (Wildman–Crippen MR) is 63.4 cm³/mol. The highest BCUT2D eigenvalue weighted by atomic mass is 32.2. The number of ether oxygens (including phenoxy) is 1. The molecular formula is C12H15FO2S. The van der Waals surface area contributed by atoms with E-state index in [0.717, 1.165) is 5.75 Å². The molecule has 2 nitrogen and oxygen atoms in total. The fraction of sp³-hybridized carbons (Fsp3) is 0.500. The van der Waals surface area contributed by atoms with Gasteiger partial charge in [0.05, 0.1) is 7.11 Å². The third kappa shape index (κ3) is 1.70. The molecule has 0 saturated carbocycles. The van der Waals surface area contributed by atoms with Crippen LogP contribution in [0.5, 0.6) is 5.75 Å². The molecule has 0 spiro atoms. The average Bonchev–Trinajstić information content (AvgIpc) is 2.60. The maximum absolute atomic E-state index is 14.0. The van der Waals surface area contributed by atoms with Crippen LogP contribution in [0.1, 0.15) is 18.9 Å². The normalized spacial score (nSPS) is 29.4. The Morgan fingerprint density at radius 3 is 2.88 bits per heavy atom. The summed E-state index contributed by atoms with van der Waals surface area (Å²) < 4.78 is 19.0. The van der Waals surface area contributed by atoms with Crippen LogP contribution in [0.25, 0.3) is 0 Å². The first-order chi connectivity index (χ1) is 7.59. The van der Waals surface area contributed by atoms with Crippen LogP contribution in [0.3, 0.4) is 0 Å². The SMILES string of the molecule is COc1cccc(C2(O)CCSC2C)c1F. The average molecular weight is 242 g/mol. The van der Waals surface area contributed by atoms with Gasteiger partial charge >= 0.3 is 0 Å². The molecule has 1 heterocycles. The Bertz CT molecular complexity index is 397. The third-order valence-corrected chi connectivity index (χ3v) is 4.50.